The van der Waals surface area contributed by atoms with Crippen LogP contribution >= 0.6 is 0 Å². The molecule has 1 aliphatic rings. The Kier molecular flexibility index (Phi) is 4.33. The molecule has 1 heterocycles. The molecule has 0 saturated carbocycles. The van der Waals surface area contributed by atoms with Gasteiger partial charge in [-0.15, -0.1) is 0 Å². The summed E-state index contributed by atoms with van der Waals surface area (Å²) in [5.74, 6) is -0.0765. The number of benzene rings is 1. The smallest absolute Gasteiger partial charge is 0.236 e. The van der Waals surface area contributed by atoms with Crippen molar-refractivity contribution < 1.29 is 4.79 Å². The van der Waals surface area contributed by atoms with E-state index in [1.165, 1.54) is 11.1 Å². The van der Waals surface area contributed by atoms with E-state index in [1.807, 2.05) is 0 Å². The molecule has 1 aromatic carbocycles. The average molecular weight is 247 g/mol. The highest BCUT2D eigenvalue weighted by atomic mass is 16.2. The van der Waals surface area contributed by atoms with Crippen molar-refractivity contribution >= 4 is 5.91 Å². The van der Waals surface area contributed by atoms with Crippen LogP contribution in [0.25, 0.3) is 0 Å². The Labute approximate surface area is 108 Å². The largest absolute Gasteiger partial charge is 0.353 e. The Hall–Kier alpha value is -1.39. The van der Waals surface area contributed by atoms with Crippen molar-refractivity contribution in [2.24, 2.45) is 5.73 Å². The van der Waals surface area contributed by atoms with Crippen LogP contribution < -0.4 is 11.1 Å². The maximum atomic E-state index is 11.3. The molecule has 1 aliphatic heterocycles. The van der Waals surface area contributed by atoms with E-state index < -0.39 is 6.04 Å². The Morgan fingerprint density at radius 3 is 2.89 bits per heavy atom. The van der Waals surface area contributed by atoms with Crippen LogP contribution in [-0.2, 0) is 17.8 Å². The lowest BCUT2D eigenvalue weighted by Crippen LogP contribution is -2.43. The SMILES string of the molecule is C[C@@H](N)C(=O)NCCN1CCc2ccccc2C1. The van der Waals surface area contributed by atoms with Gasteiger partial charge in [0.2, 0.25) is 5.91 Å². The third kappa shape index (κ3) is 3.31. The molecule has 1 aromatic rings. The van der Waals surface area contributed by atoms with Gasteiger partial charge in [0, 0.05) is 26.2 Å². The van der Waals surface area contributed by atoms with Crippen LogP contribution in [-0.4, -0.2) is 36.5 Å². The molecule has 0 unspecified atom stereocenters. The van der Waals surface area contributed by atoms with E-state index in [-0.39, 0.29) is 5.91 Å². The monoisotopic (exact) mass is 247 g/mol. The van der Waals surface area contributed by atoms with E-state index in [2.05, 4.69) is 34.5 Å². The molecular weight excluding hydrogens is 226 g/mol. The summed E-state index contributed by atoms with van der Waals surface area (Å²) in [6, 6.07) is 8.14. The topological polar surface area (TPSA) is 58.4 Å². The number of carbonyl (C=O) groups excluding carboxylic acids is 1. The summed E-state index contributed by atoms with van der Waals surface area (Å²) < 4.78 is 0. The van der Waals surface area contributed by atoms with Crippen LogP contribution in [0.2, 0.25) is 0 Å². The van der Waals surface area contributed by atoms with Gasteiger partial charge in [0.25, 0.3) is 0 Å². The molecule has 98 valence electrons. The quantitative estimate of drug-likeness (QED) is 0.815. The van der Waals surface area contributed by atoms with Crippen molar-refractivity contribution in [1.82, 2.24) is 10.2 Å². The van der Waals surface area contributed by atoms with Crippen molar-refractivity contribution in [2.45, 2.75) is 25.9 Å². The first-order valence-corrected chi connectivity index (χ1v) is 6.49. The number of nitrogens with two attached hydrogens (primary N) is 1. The van der Waals surface area contributed by atoms with E-state index in [0.29, 0.717) is 6.54 Å². The summed E-state index contributed by atoms with van der Waals surface area (Å²) in [7, 11) is 0. The number of rotatable bonds is 4. The zero-order chi connectivity index (χ0) is 13.0. The number of nitrogens with zero attached hydrogens (tertiary/aromatic N) is 1. The Morgan fingerprint density at radius 1 is 1.44 bits per heavy atom. The molecule has 0 saturated heterocycles. The molecular formula is C14H21N3O. The van der Waals surface area contributed by atoms with Crippen LogP contribution in [0.3, 0.4) is 0 Å². The van der Waals surface area contributed by atoms with Crippen molar-refractivity contribution in [2.75, 3.05) is 19.6 Å². The Bertz CT molecular complexity index is 417. The van der Waals surface area contributed by atoms with Gasteiger partial charge >= 0.3 is 0 Å². The summed E-state index contributed by atoms with van der Waals surface area (Å²) in [5.41, 5.74) is 8.35. The second-order valence-electron chi connectivity index (χ2n) is 4.87. The van der Waals surface area contributed by atoms with Crippen molar-refractivity contribution in [1.29, 1.82) is 0 Å². The van der Waals surface area contributed by atoms with Gasteiger partial charge in [-0.2, -0.15) is 0 Å². The first kappa shape index (κ1) is 13.1. The molecule has 0 fully saturated rings. The van der Waals surface area contributed by atoms with Gasteiger partial charge in [-0.3, -0.25) is 9.69 Å². The molecule has 0 radical (unpaired) electrons. The maximum absolute atomic E-state index is 11.3. The van der Waals surface area contributed by atoms with Crippen LogP contribution in [0, 0.1) is 0 Å². The van der Waals surface area contributed by atoms with Crippen LogP contribution in [0.15, 0.2) is 24.3 Å². The highest BCUT2D eigenvalue weighted by Crippen LogP contribution is 2.17. The lowest BCUT2D eigenvalue weighted by molar-refractivity contribution is -0.122. The van der Waals surface area contributed by atoms with Crippen molar-refractivity contribution in [3.63, 3.8) is 0 Å². The van der Waals surface area contributed by atoms with Gasteiger partial charge in [0.1, 0.15) is 0 Å². The molecule has 1 amide bonds. The predicted octanol–water partition coefficient (Wildman–Crippen LogP) is 0.508. The third-order valence-corrected chi connectivity index (χ3v) is 3.35. The lowest BCUT2D eigenvalue weighted by atomic mass is 10.00. The molecule has 4 heteroatoms. The molecule has 4 nitrogen and oxygen atoms in total. The highest BCUT2D eigenvalue weighted by molar-refractivity contribution is 5.80. The number of hydrogen-bond acceptors (Lipinski definition) is 3. The van der Waals surface area contributed by atoms with Gasteiger partial charge in [0.05, 0.1) is 6.04 Å². The normalized spacial score (nSPS) is 17.0. The van der Waals surface area contributed by atoms with Crippen LogP contribution in [0.1, 0.15) is 18.1 Å². The fourth-order valence-corrected chi connectivity index (χ4v) is 2.24. The molecule has 18 heavy (non-hydrogen) atoms. The molecule has 3 N–H and O–H groups in total. The summed E-state index contributed by atoms with van der Waals surface area (Å²) in [6.07, 6.45) is 1.09. The van der Waals surface area contributed by atoms with Crippen molar-refractivity contribution in [3.05, 3.63) is 35.4 Å². The minimum absolute atomic E-state index is 0.0765. The van der Waals surface area contributed by atoms with Gasteiger partial charge in [0.15, 0.2) is 0 Å². The van der Waals surface area contributed by atoms with Crippen molar-refractivity contribution in [3.8, 4) is 0 Å². The van der Waals surface area contributed by atoms with Crippen LogP contribution in [0.5, 0.6) is 0 Å². The van der Waals surface area contributed by atoms with E-state index in [9.17, 15) is 4.79 Å². The van der Waals surface area contributed by atoms with Gasteiger partial charge < -0.3 is 11.1 Å². The number of nitrogens with one attached hydrogen (secondary N) is 1. The minimum Gasteiger partial charge on any atom is -0.353 e. The fraction of sp³-hybridized carbons (Fsp3) is 0.500. The summed E-state index contributed by atoms with van der Waals surface area (Å²) in [4.78, 5) is 13.7. The van der Waals surface area contributed by atoms with Gasteiger partial charge in [-0.05, 0) is 24.5 Å². The molecule has 1 atom stereocenters. The lowest BCUT2D eigenvalue weighted by Gasteiger charge is -2.28. The molecule has 2 rings (SSSR count). The van der Waals surface area contributed by atoms with E-state index in [1.54, 1.807) is 6.92 Å². The Morgan fingerprint density at radius 2 is 2.17 bits per heavy atom. The number of amides is 1. The number of fused-ring (bicyclic) bond motifs is 1. The molecule has 0 aromatic heterocycles. The summed E-state index contributed by atoms with van der Waals surface area (Å²) in [5, 5.41) is 2.85. The van der Waals surface area contributed by atoms with E-state index >= 15 is 0 Å². The minimum atomic E-state index is -0.424. The van der Waals surface area contributed by atoms with Gasteiger partial charge in [-0.1, -0.05) is 24.3 Å². The molecule has 0 spiro atoms. The first-order chi connectivity index (χ1) is 8.66. The van der Waals surface area contributed by atoms with Crippen LogP contribution in [0.4, 0.5) is 0 Å². The number of carbonyl (C=O) groups is 1. The van der Waals surface area contributed by atoms with E-state index in [4.69, 9.17) is 5.73 Å². The summed E-state index contributed by atoms with van der Waals surface area (Å²) >= 11 is 0. The van der Waals surface area contributed by atoms with Gasteiger partial charge in [-0.25, -0.2) is 0 Å². The average Bonchev–Trinajstić information content (AvgIpc) is 2.38. The first-order valence-electron chi connectivity index (χ1n) is 6.49. The third-order valence-electron chi connectivity index (χ3n) is 3.35. The summed E-state index contributed by atoms with van der Waals surface area (Å²) in [6.45, 7) is 5.29. The number of hydrogen-bond donors (Lipinski definition) is 2. The second kappa shape index (κ2) is 5.98. The zero-order valence-electron chi connectivity index (χ0n) is 10.9. The highest BCUT2D eigenvalue weighted by Gasteiger charge is 2.15. The maximum Gasteiger partial charge on any atom is 0.236 e. The zero-order valence-corrected chi connectivity index (χ0v) is 10.9. The van der Waals surface area contributed by atoms with E-state index in [0.717, 1.165) is 26.1 Å². The molecule has 0 aliphatic carbocycles. The predicted molar refractivity (Wildman–Crippen MR) is 72.1 cm³/mol. The molecule has 0 bridgehead atoms. The fourth-order valence-electron chi connectivity index (χ4n) is 2.24. The Balaban J connectivity index is 1.78. The second-order valence-corrected chi connectivity index (χ2v) is 4.87. The standard InChI is InChI=1S/C14H21N3O/c1-11(15)14(18)16-7-9-17-8-6-12-4-2-3-5-13(12)10-17/h2-5,11H,6-10,15H2,1H3,(H,16,18)/t11-/m1/s1.